The van der Waals surface area contributed by atoms with E-state index in [4.69, 9.17) is 5.73 Å². The third kappa shape index (κ3) is 13.4. The minimum Gasteiger partial charge on any atom is -0.390 e. The van der Waals surface area contributed by atoms with E-state index in [-0.39, 0.29) is 30.6 Å². The molecule has 1 aromatic heterocycles. The van der Waals surface area contributed by atoms with Gasteiger partial charge >= 0.3 is 0 Å². The largest absolute Gasteiger partial charge is 0.390 e. The van der Waals surface area contributed by atoms with Gasteiger partial charge in [-0.25, -0.2) is 8.78 Å². The summed E-state index contributed by atoms with van der Waals surface area (Å²) in [6.07, 6.45) is 6.28. The number of benzene rings is 2. The lowest BCUT2D eigenvalue weighted by Gasteiger charge is -2.30. The zero-order valence-corrected chi connectivity index (χ0v) is 28.1. The predicted octanol–water partition coefficient (Wildman–Crippen LogP) is 5.08. The number of aryl methyl sites for hydroxylation is 2. The molecule has 0 aliphatic carbocycles. The summed E-state index contributed by atoms with van der Waals surface area (Å²) in [5.41, 5.74) is 8.62. The van der Waals surface area contributed by atoms with Gasteiger partial charge in [0.05, 0.1) is 17.4 Å². The highest BCUT2D eigenvalue weighted by Crippen LogP contribution is 2.16. The van der Waals surface area contributed by atoms with E-state index in [1.165, 1.54) is 23.2 Å². The van der Waals surface area contributed by atoms with Crippen LogP contribution < -0.4 is 11.1 Å². The Hall–Kier alpha value is -3.54. The Morgan fingerprint density at radius 3 is 2.20 bits per heavy atom. The van der Waals surface area contributed by atoms with Crippen LogP contribution in [0.15, 0.2) is 67.0 Å². The molecule has 2 amide bonds. The number of aromatic nitrogens is 1. The minimum absolute atomic E-state index is 0.000276. The van der Waals surface area contributed by atoms with Crippen LogP contribution in [0.25, 0.3) is 0 Å². The molecular weight excluding hydrogens is 610 g/mol. The van der Waals surface area contributed by atoms with Crippen molar-refractivity contribution in [3.8, 4) is 0 Å². The van der Waals surface area contributed by atoms with E-state index in [2.05, 4.69) is 17.2 Å². The molecule has 0 fully saturated rings. The second-order valence-electron chi connectivity index (χ2n) is 11.2. The average Bonchev–Trinajstić information content (AvgIpc) is 3.03. The second kappa shape index (κ2) is 20.6. The van der Waals surface area contributed by atoms with Crippen LogP contribution >= 0.6 is 0 Å². The van der Waals surface area contributed by atoms with Crippen LogP contribution in [0.1, 0.15) is 73.5 Å². The fraction of sp³-hybridized carbons (Fsp3) is 0.457. The number of halogens is 2. The lowest BCUT2D eigenvalue weighted by atomic mass is 10.1. The van der Waals surface area contributed by atoms with Crippen molar-refractivity contribution < 1.29 is 27.7 Å². The average molecular weight is 659 g/mol. The van der Waals surface area contributed by atoms with E-state index in [0.717, 1.165) is 49.3 Å². The molecule has 3 rings (SSSR count). The summed E-state index contributed by atoms with van der Waals surface area (Å²) in [6, 6.07) is 13.6. The fourth-order valence-electron chi connectivity index (χ4n) is 4.91. The lowest BCUT2D eigenvalue weighted by Crippen LogP contribution is -2.53. The van der Waals surface area contributed by atoms with Gasteiger partial charge in [0, 0.05) is 54.1 Å². The quantitative estimate of drug-likeness (QED) is 0.197. The molecule has 0 saturated carbocycles. The number of pyridine rings is 1. The number of rotatable bonds is 16. The van der Waals surface area contributed by atoms with Crippen molar-refractivity contribution in [3.05, 3.63) is 101 Å². The molecule has 2 unspecified atom stereocenters. The molecule has 11 heteroatoms. The second-order valence-corrected chi connectivity index (χ2v) is 13.0. The van der Waals surface area contributed by atoms with Gasteiger partial charge < -0.3 is 21.1 Å². The Morgan fingerprint density at radius 2 is 1.65 bits per heavy atom. The highest BCUT2D eigenvalue weighted by molar-refractivity contribution is 7.85. The van der Waals surface area contributed by atoms with Gasteiger partial charge in [0.1, 0.15) is 17.7 Å². The molecule has 0 bridgehead atoms. The summed E-state index contributed by atoms with van der Waals surface area (Å²) in [6.45, 7) is 8.04. The van der Waals surface area contributed by atoms with E-state index < -0.39 is 46.4 Å². The molecule has 0 aliphatic rings. The Bertz CT molecular complexity index is 1340. The van der Waals surface area contributed by atoms with E-state index in [1.54, 1.807) is 25.3 Å². The number of aliphatic hydroxyl groups is 1. The zero-order chi connectivity index (χ0) is 34.1. The predicted molar refractivity (Wildman–Crippen MR) is 179 cm³/mol. The summed E-state index contributed by atoms with van der Waals surface area (Å²) < 4.78 is 37.8. The molecule has 0 radical (unpaired) electrons. The first kappa shape index (κ1) is 38.6. The molecule has 3 atom stereocenters. The first-order valence-electron chi connectivity index (χ1n) is 15.8. The van der Waals surface area contributed by atoms with Crippen LogP contribution in [0.5, 0.6) is 0 Å². The summed E-state index contributed by atoms with van der Waals surface area (Å²) in [5.74, 6) is -1.90. The maximum atomic E-state index is 13.9. The van der Waals surface area contributed by atoms with Crippen molar-refractivity contribution in [1.82, 2.24) is 15.2 Å². The van der Waals surface area contributed by atoms with Crippen molar-refractivity contribution in [2.75, 3.05) is 18.8 Å². The SMILES string of the molecule is CCCC(CCC)S(=O)CC(NC(=O)c1cccnc1)C(=O)N(Cc1cccc(CC)c1)C[C@@H](O)CN.Cc1cc(F)cc(F)c1. The number of carbonyl (C=O) groups is 2. The minimum atomic E-state index is -1.33. The van der Waals surface area contributed by atoms with Gasteiger partial charge in [-0.15, -0.1) is 0 Å². The molecule has 1 heterocycles. The maximum Gasteiger partial charge on any atom is 0.253 e. The van der Waals surface area contributed by atoms with E-state index in [0.29, 0.717) is 11.1 Å². The number of nitrogens with two attached hydrogens (primary N) is 1. The van der Waals surface area contributed by atoms with Crippen LogP contribution in [0.4, 0.5) is 8.78 Å². The molecule has 46 heavy (non-hydrogen) atoms. The molecule has 4 N–H and O–H groups in total. The van der Waals surface area contributed by atoms with Crippen LogP contribution in [0.3, 0.4) is 0 Å². The Balaban J connectivity index is 0.000000700. The van der Waals surface area contributed by atoms with E-state index in [1.807, 2.05) is 38.1 Å². The number of nitrogens with one attached hydrogen (secondary N) is 1. The summed E-state index contributed by atoms with van der Waals surface area (Å²) in [4.78, 5) is 32.4. The molecule has 0 saturated heterocycles. The van der Waals surface area contributed by atoms with Crippen LogP contribution in [-0.4, -0.2) is 67.3 Å². The monoisotopic (exact) mass is 658 g/mol. The van der Waals surface area contributed by atoms with Crippen LogP contribution in [0.2, 0.25) is 0 Å². The summed E-state index contributed by atoms with van der Waals surface area (Å²) in [5, 5.41) is 13.1. The van der Waals surface area contributed by atoms with Gasteiger partial charge in [-0.1, -0.05) is 57.9 Å². The Labute approximate surface area is 274 Å². The van der Waals surface area contributed by atoms with E-state index in [9.17, 15) is 27.7 Å². The highest BCUT2D eigenvalue weighted by atomic mass is 32.2. The van der Waals surface area contributed by atoms with Crippen LogP contribution in [0, 0.1) is 18.6 Å². The number of nitrogens with zero attached hydrogens (tertiary/aromatic N) is 2. The van der Waals surface area contributed by atoms with Gasteiger partial charge in [0.2, 0.25) is 5.91 Å². The number of carbonyl (C=O) groups excluding carboxylic acids is 2. The lowest BCUT2D eigenvalue weighted by molar-refractivity contribution is -0.134. The maximum absolute atomic E-state index is 13.9. The molecule has 0 spiro atoms. The number of hydrogen-bond acceptors (Lipinski definition) is 6. The number of amides is 2. The summed E-state index contributed by atoms with van der Waals surface area (Å²) >= 11 is 0. The Morgan fingerprint density at radius 1 is 1.00 bits per heavy atom. The van der Waals surface area contributed by atoms with Gasteiger partial charge in [0.25, 0.3) is 5.91 Å². The normalized spacial score (nSPS) is 12.9. The summed E-state index contributed by atoms with van der Waals surface area (Å²) in [7, 11) is -1.33. The topological polar surface area (TPSA) is 126 Å². The van der Waals surface area contributed by atoms with E-state index >= 15 is 0 Å². The highest BCUT2D eigenvalue weighted by Gasteiger charge is 2.31. The molecule has 0 aliphatic heterocycles. The standard InChI is InChI=1S/C28H42N4O4S.C7H6F2/c1-4-9-25(10-5-2)37(36)20-26(31-27(34)23-13-8-14-30-17-23)28(35)32(19-24(33)16-29)18-22-12-7-11-21(6-3)15-22;1-5-2-6(8)4-7(9)3-5/h7-8,11-15,17,24-26,33H,4-6,9-10,16,18-20,29H2,1-3H3,(H,31,34);2-4H,1H3/t24-,26?,37?;/m0./s1. The zero-order valence-electron chi connectivity index (χ0n) is 27.3. The third-order valence-electron chi connectivity index (χ3n) is 7.25. The van der Waals surface area contributed by atoms with Crippen molar-refractivity contribution in [2.45, 2.75) is 83.7 Å². The smallest absolute Gasteiger partial charge is 0.253 e. The van der Waals surface area contributed by atoms with Crippen molar-refractivity contribution in [3.63, 3.8) is 0 Å². The number of aliphatic hydroxyl groups excluding tert-OH is 1. The molecule has 8 nitrogen and oxygen atoms in total. The van der Waals surface area contributed by atoms with Gasteiger partial charge in [-0.3, -0.25) is 18.8 Å². The van der Waals surface area contributed by atoms with Crippen LogP contribution in [-0.2, 0) is 28.6 Å². The fourth-order valence-corrected chi connectivity index (χ4v) is 6.73. The molecule has 2 aromatic carbocycles. The number of hydrogen-bond donors (Lipinski definition) is 3. The van der Waals surface area contributed by atoms with Gasteiger partial charge in [-0.05, 0) is 67.1 Å². The van der Waals surface area contributed by atoms with Crippen molar-refractivity contribution in [1.29, 1.82) is 0 Å². The Kier molecular flexibility index (Phi) is 17.3. The van der Waals surface area contributed by atoms with Gasteiger partial charge in [-0.2, -0.15) is 0 Å². The first-order valence-corrected chi connectivity index (χ1v) is 17.1. The third-order valence-corrected chi connectivity index (χ3v) is 9.12. The van der Waals surface area contributed by atoms with Crippen molar-refractivity contribution >= 4 is 22.6 Å². The molecule has 252 valence electrons. The first-order chi connectivity index (χ1) is 22.0. The van der Waals surface area contributed by atoms with Gasteiger partial charge in [0.15, 0.2) is 0 Å². The molecule has 3 aromatic rings. The molecular formula is C35H48F2N4O4S. The van der Waals surface area contributed by atoms with Crippen molar-refractivity contribution in [2.24, 2.45) is 5.73 Å².